The molecule has 1 saturated heterocycles. The fraction of sp³-hybridized carbons (Fsp3) is 0.652. The second-order valence-corrected chi connectivity index (χ2v) is 9.35. The highest BCUT2D eigenvalue weighted by atomic mass is 32.2. The van der Waals surface area contributed by atoms with Crippen molar-refractivity contribution in [2.75, 3.05) is 25.4 Å². The number of amides is 2. The Kier molecular flexibility index (Phi) is 9.62. The molecule has 1 heterocycles. The molecule has 30 heavy (non-hydrogen) atoms. The fourth-order valence-electron chi connectivity index (χ4n) is 3.76. The molecule has 0 aliphatic carbocycles. The van der Waals surface area contributed by atoms with E-state index in [9.17, 15) is 14.0 Å². The van der Waals surface area contributed by atoms with E-state index in [1.165, 1.54) is 23.9 Å². The fourth-order valence-corrected chi connectivity index (χ4v) is 5.19. The first kappa shape index (κ1) is 24.7. The third-order valence-electron chi connectivity index (χ3n) is 5.58. The van der Waals surface area contributed by atoms with Crippen molar-refractivity contribution in [2.45, 2.75) is 64.9 Å². The van der Waals surface area contributed by atoms with Crippen LogP contribution in [-0.4, -0.2) is 59.1 Å². The highest BCUT2D eigenvalue weighted by Crippen LogP contribution is 2.42. The van der Waals surface area contributed by atoms with E-state index in [1.807, 2.05) is 26.8 Å². The van der Waals surface area contributed by atoms with Gasteiger partial charge in [-0.1, -0.05) is 39.8 Å². The van der Waals surface area contributed by atoms with E-state index in [2.05, 4.69) is 24.1 Å². The maximum atomic E-state index is 13.8. The first-order valence-corrected chi connectivity index (χ1v) is 12.0. The van der Waals surface area contributed by atoms with Crippen molar-refractivity contribution >= 4 is 23.6 Å². The molecular weight excluding hydrogens is 401 g/mol. The van der Waals surface area contributed by atoms with Crippen LogP contribution >= 0.6 is 11.8 Å². The molecule has 1 aromatic carbocycles. The molecule has 0 aromatic heterocycles. The number of benzene rings is 1. The summed E-state index contributed by atoms with van der Waals surface area (Å²) in [7, 11) is 0. The number of nitrogens with one attached hydrogen (secondary N) is 1. The molecule has 1 fully saturated rings. The van der Waals surface area contributed by atoms with E-state index in [0.717, 1.165) is 38.0 Å². The predicted molar refractivity (Wildman–Crippen MR) is 122 cm³/mol. The Bertz CT molecular complexity index is 711. The summed E-state index contributed by atoms with van der Waals surface area (Å²) in [6, 6.07) is 5.81. The zero-order valence-corrected chi connectivity index (χ0v) is 19.7. The van der Waals surface area contributed by atoms with Crippen molar-refractivity contribution in [3.8, 4) is 0 Å². The molecule has 3 unspecified atom stereocenters. The van der Waals surface area contributed by atoms with Gasteiger partial charge in [0.05, 0.1) is 0 Å². The SMILES string of the molecule is CCN(CC)CCCC(C)NC(=O)C1CSC(c2cccc(F)c2)N1C(=O)C(C)C. The van der Waals surface area contributed by atoms with Crippen molar-refractivity contribution in [3.63, 3.8) is 0 Å². The number of rotatable bonds is 10. The molecule has 1 aliphatic heterocycles. The minimum Gasteiger partial charge on any atom is -0.352 e. The van der Waals surface area contributed by atoms with Crippen LogP contribution in [0.1, 0.15) is 58.4 Å². The molecule has 1 aliphatic rings. The van der Waals surface area contributed by atoms with Gasteiger partial charge >= 0.3 is 0 Å². The maximum absolute atomic E-state index is 13.8. The van der Waals surface area contributed by atoms with Gasteiger partial charge in [-0.25, -0.2) is 4.39 Å². The van der Waals surface area contributed by atoms with Gasteiger partial charge < -0.3 is 15.1 Å². The predicted octanol–water partition coefficient (Wildman–Crippen LogP) is 4.05. The lowest BCUT2D eigenvalue weighted by Gasteiger charge is -2.31. The van der Waals surface area contributed by atoms with E-state index >= 15 is 0 Å². The second kappa shape index (κ2) is 11.7. The zero-order chi connectivity index (χ0) is 22.3. The Labute approximate surface area is 184 Å². The number of nitrogens with zero attached hydrogens (tertiary/aromatic N) is 2. The van der Waals surface area contributed by atoms with Gasteiger partial charge in [-0.15, -0.1) is 11.8 Å². The second-order valence-electron chi connectivity index (χ2n) is 8.24. The number of halogens is 1. The van der Waals surface area contributed by atoms with Crippen LogP contribution in [0.3, 0.4) is 0 Å². The first-order valence-electron chi connectivity index (χ1n) is 11.0. The molecule has 0 saturated carbocycles. The average molecular weight is 438 g/mol. The maximum Gasteiger partial charge on any atom is 0.243 e. The number of carbonyl (C=O) groups is 2. The van der Waals surface area contributed by atoms with Gasteiger partial charge in [-0.2, -0.15) is 0 Å². The summed E-state index contributed by atoms with van der Waals surface area (Å²) in [5, 5.41) is 2.76. The third kappa shape index (κ3) is 6.45. The average Bonchev–Trinajstić information content (AvgIpc) is 3.15. The van der Waals surface area contributed by atoms with Gasteiger partial charge in [0.25, 0.3) is 0 Å². The van der Waals surface area contributed by atoms with Gasteiger partial charge in [-0.05, 0) is 57.1 Å². The number of hydrogen-bond donors (Lipinski definition) is 1. The molecule has 2 rings (SSSR count). The molecule has 1 N–H and O–H groups in total. The van der Waals surface area contributed by atoms with Crippen LogP contribution in [0.15, 0.2) is 24.3 Å². The van der Waals surface area contributed by atoms with Crippen LogP contribution < -0.4 is 5.32 Å². The van der Waals surface area contributed by atoms with Gasteiger partial charge in [0.1, 0.15) is 17.2 Å². The van der Waals surface area contributed by atoms with Crippen molar-refractivity contribution in [2.24, 2.45) is 5.92 Å². The number of thioether (sulfide) groups is 1. The van der Waals surface area contributed by atoms with Gasteiger partial charge in [0.15, 0.2) is 0 Å². The first-order chi connectivity index (χ1) is 14.3. The molecular formula is C23H36FN3O2S. The van der Waals surface area contributed by atoms with Crippen LogP contribution in [0.5, 0.6) is 0 Å². The van der Waals surface area contributed by atoms with Gasteiger partial charge in [-0.3, -0.25) is 9.59 Å². The molecule has 0 bridgehead atoms. The highest BCUT2D eigenvalue weighted by Gasteiger charge is 2.43. The lowest BCUT2D eigenvalue weighted by molar-refractivity contribution is -0.142. The smallest absolute Gasteiger partial charge is 0.243 e. The van der Waals surface area contributed by atoms with Gasteiger partial charge in [0, 0.05) is 17.7 Å². The minimum absolute atomic E-state index is 0.0438. The molecule has 2 amide bonds. The monoisotopic (exact) mass is 437 g/mol. The van der Waals surface area contributed by atoms with E-state index in [1.54, 1.807) is 11.0 Å². The van der Waals surface area contributed by atoms with Crippen LogP contribution in [0.25, 0.3) is 0 Å². The Balaban J connectivity index is 2.05. The molecule has 0 spiro atoms. The largest absolute Gasteiger partial charge is 0.352 e. The van der Waals surface area contributed by atoms with Gasteiger partial charge in [0.2, 0.25) is 11.8 Å². The zero-order valence-electron chi connectivity index (χ0n) is 18.9. The molecule has 0 radical (unpaired) electrons. The Morgan fingerprint density at radius 1 is 1.27 bits per heavy atom. The van der Waals surface area contributed by atoms with E-state index in [4.69, 9.17) is 0 Å². The van der Waals surface area contributed by atoms with Crippen molar-refractivity contribution in [1.82, 2.24) is 15.1 Å². The molecule has 5 nitrogen and oxygen atoms in total. The topological polar surface area (TPSA) is 52.7 Å². The lowest BCUT2D eigenvalue weighted by Crippen LogP contribution is -2.51. The lowest BCUT2D eigenvalue weighted by atomic mass is 10.1. The van der Waals surface area contributed by atoms with E-state index in [0.29, 0.717) is 5.75 Å². The molecule has 1 aromatic rings. The van der Waals surface area contributed by atoms with Crippen molar-refractivity contribution in [1.29, 1.82) is 0 Å². The summed E-state index contributed by atoms with van der Waals surface area (Å²) in [6.07, 6.45) is 1.91. The third-order valence-corrected chi connectivity index (χ3v) is 6.90. The van der Waals surface area contributed by atoms with Crippen LogP contribution in [-0.2, 0) is 9.59 Å². The summed E-state index contributed by atoms with van der Waals surface area (Å²) >= 11 is 1.52. The summed E-state index contributed by atoms with van der Waals surface area (Å²) in [5.41, 5.74) is 0.719. The highest BCUT2D eigenvalue weighted by molar-refractivity contribution is 7.99. The Morgan fingerprint density at radius 3 is 2.57 bits per heavy atom. The Hall–Kier alpha value is -1.60. The molecule has 3 atom stereocenters. The van der Waals surface area contributed by atoms with Crippen molar-refractivity contribution in [3.05, 3.63) is 35.6 Å². The summed E-state index contributed by atoms with van der Waals surface area (Å²) < 4.78 is 13.8. The van der Waals surface area contributed by atoms with E-state index in [-0.39, 0.29) is 35.0 Å². The Morgan fingerprint density at radius 2 is 1.97 bits per heavy atom. The molecule has 7 heteroatoms. The minimum atomic E-state index is -0.539. The molecule has 168 valence electrons. The normalized spacial score (nSPS) is 20.1. The van der Waals surface area contributed by atoms with Crippen LogP contribution in [0.4, 0.5) is 4.39 Å². The summed E-state index contributed by atoms with van der Waals surface area (Å²) in [6.45, 7) is 13.1. The van der Waals surface area contributed by atoms with E-state index < -0.39 is 6.04 Å². The number of carbonyl (C=O) groups excluding carboxylic acids is 2. The van der Waals surface area contributed by atoms with Crippen LogP contribution in [0, 0.1) is 11.7 Å². The standard InChI is InChI=1S/C23H36FN3O2S/c1-6-26(7-2)13-9-10-17(5)25-21(28)20-15-30-23(27(20)22(29)16(3)4)18-11-8-12-19(24)14-18/h8,11-12,14,16-17,20,23H,6-7,9-10,13,15H2,1-5H3,(H,25,28). The summed E-state index contributed by atoms with van der Waals surface area (Å²) in [5.74, 6) is -0.256. The quantitative estimate of drug-likeness (QED) is 0.600. The van der Waals surface area contributed by atoms with Crippen molar-refractivity contribution < 1.29 is 14.0 Å². The number of hydrogen-bond acceptors (Lipinski definition) is 4. The summed E-state index contributed by atoms with van der Waals surface area (Å²) in [4.78, 5) is 30.0. The van der Waals surface area contributed by atoms with Crippen LogP contribution in [0.2, 0.25) is 0 Å².